The van der Waals surface area contributed by atoms with Gasteiger partial charge >= 0.3 is 0 Å². The van der Waals surface area contributed by atoms with Crippen molar-refractivity contribution in [1.29, 1.82) is 0 Å². The summed E-state index contributed by atoms with van der Waals surface area (Å²) in [6, 6.07) is 79.4. The van der Waals surface area contributed by atoms with E-state index in [0.717, 1.165) is 77.8 Å². The van der Waals surface area contributed by atoms with Crippen LogP contribution in [0.15, 0.2) is 223 Å². The molecule has 0 fully saturated rings. The molecule has 0 aliphatic heterocycles. The molecule has 0 bridgehead atoms. The number of aromatic nitrogens is 4. The third-order valence-corrected chi connectivity index (χ3v) is 14.0. The molecule has 15 aromatic rings. The van der Waals surface area contributed by atoms with Crippen molar-refractivity contribution in [2.75, 3.05) is 0 Å². The van der Waals surface area contributed by atoms with Gasteiger partial charge in [0.25, 0.3) is 0 Å². The number of rotatable bonds is 4. The van der Waals surface area contributed by atoms with Crippen LogP contribution in [0.3, 0.4) is 0 Å². The normalized spacial score (nSPS) is 12.3. The van der Waals surface area contributed by atoms with E-state index < -0.39 is 0 Å². The fourth-order valence-corrected chi connectivity index (χ4v) is 11.3. The molecule has 302 valence electrons. The van der Waals surface area contributed by atoms with Gasteiger partial charge in [0, 0.05) is 59.9 Å². The largest absolute Gasteiger partial charge is 0.454 e. The van der Waals surface area contributed by atoms with Crippen molar-refractivity contribution in [1.82, 2.24) is 18.3 Å². The predicted molar refractivity (Wildman–Crippen MR) is 271 cm³/mol. The molecular formula is C60H36N4O. The van der Waals surface area contributed by atoms with Gasteiger partial charge in [-0.1, -0.05) is 127 Å². The number of nitrogens with zero attached hydrogens (tertiary/aromatic N) is 4. The zero-order chi connectivity index (χ0) is 42.3. The smallest absolute Gasteiger partial charge is 0.161 e. The van der Waals surface area contributed by atoms with Crippen molar-refractivity contribution in [3.05, 3.63) is 218 Å². The van der Waals surface area contributed by atoms with Gasteiger partial charge in [0.1, 0.15) is 5.58 Å². The number of fused-ring (bicyclic) bond motifs is 15. The SMILES string of the molecule is c1ccc2c(c1)c1ccccc1n2-c1ccc2c(c1)c1ccccc1n2-c1ccc2oc3c(-n4c5ccccc5c5ccccc54)ccc(-n4c5ccccc5c5ccccc54)c3c2c1. The zero-order valence-electron chi connectivity index (χ0n) is 35.0. The van der Waals surface area contributed by atoms with Gasteiger partial charge in [-0.05, 0) is 91.0 Å². The van der Waals surface area contributed by atoms with E-state index in [9.17, 15) is 0 Å². The van der Waals surface area contributed by atoms with Gasteiger partial charge in [0.2, 0.25) is 0 Å². The number of hydrogen-bond acceptors (Lipinski definition) is 1. The average Bonchev–Trinajstić information content (AvgIpc) is 4.17. The molecule has 5 nitrogen and oxygen atoms in total. The van der Waals surface area contributed by atoms with Crippen molar-refractivity contribution in [3.63, 3.8) is 0 Å². The highest BCUT2D eigenvalue weighted by Gasteiger charge is 2.24. The Bertz CT molecular complexity index is 4330. The first-order valence-electron chi connectivity index (χ1n) is 22.3. The first kappa shape index (κ1) is 34.7. The standard InChI is InChI=1S/C60H36N4O/c1-8-22-48-39(15-1)40-16-2-9-23-49(40)61(48)37-29-31-55-46(35-37)45-21-7-10-24-50(45)62(55)38-30-34-58-47(36-38)59-56(63-51-25-11-3-17-41(51)42-18-4-12-26-52(42)63)32-33-57(60(59)65-58)64-53-27-13-5-19-43(53)44-20-6-14-28-54(44)64/h1-36H. The minimum absolute atomic E-state index is 0.841. The van der Waals surface area contributed by atoms with Crippen LogP contribution in [0.4, 0.5) is 0 Å². The summed E-state index contributed by atoms with van der Waals surface area (Å²) < 4.78 is 16.8. The fourth-order valence-electron chi connectivity index (χ4n) is 11.3. The predicted octanol–water partition coefficient (Wildman–Crippen LogP) is 16.0. The molecule has 10 aromatic carbocycles. The minimum atomic E-state index is 0.841. The first-order valence-corrected chi connectivity index (χ1v) is 22.3. The Labute approximate surface area is 371 Å². The van der Waals surface area contributed by atoms with E-state index in [1.807, 2.05) is 0 Å². The summed E-state index contributed by atoms with van der Waals surface area (Å²) in [5.41, 5.74) is 15.3. The summed E-state index contributed by atoms with van der Waals surface area (Å²) in [4.78, 5) is 0. The fraction of sp³-hybridized carbons (Fsp3) is 0. The maximum absolute atomic E-state index is 7.20. The second-order valence-electron chi connectivity index (χ2n) is 17.3. The zero-order valence-corrected chi connectivity index (χ0v) is 35.0. The van der Waals surface area contributed by atoms with Gasteiger partial charge in [-0.25, -0.2) is 0 Å². The van der Waals surface area contributed by atoms with E-state index in [1.54, 1.807) is 0 Å². The molecule has 65 heavy (non-hydrogen) atoms. The quantitative estimate of drug-likeness (QED) is 0.174. The minimum Gasteiger partial charge on any atom is -0.454 e. The number of para-hydroxylation sites is 7. The summed E-state index contributed by atoms with van der Waals surface area (Å²) in [7, 11) is 0. The molecule has 0 saturated carbocycles. The Balaban J connectivity index is 1.03. The molecule has 5 heteroatoms. The molecule has 0 radical (unpaired) electrons. The van der Waals surface area contributed by atoms with E-state index in [-0.39, 0.29) is 0 Å². The monoisotopic (exact) mass is 828 g/mol. The van der Waals surface area contributed by atoms with E-state index in [1.165, 1.54) is 54.1 Å². The lowest BCUT2D eigenvalue weighted by atomic mass is 10.1. The van der Waals surface area contributed by atoms with E-state index in [4.69, 9.17) is 4.42 Å². The molecule has 0 aliphatic carbocycles. The maximum Gasteiger partial charge on any atom is 0.161 e. The van der Waals surface area contributed by atoms with Gasteiger partial charge in [-0.3, -0.25) is 0 Å². The van der Waals surface area contributed by atoms with Crippen molar-refractivity contribution in [2.45, 2.75) is 0 Å². The van der Waals surface area contributed by atoms with Crippen LogP contribution in [-0.4, -0.2) is 18.3 Å². The Morgan fingerprint density at radius 1 is 0.246 bits per heavy atom. The Morgan fingerprint density at radius 2 is 0.569 bits per heavy atom. The van der Waals surface area contributed by atoms with Crippen molar-refractivity contribution in [3.8, 4) is 22.7 Å². The van der Waals surface area contributed by atoms with Crippen LogP contribution in [0.5, 0.6) is 0 Å². The van der Waals surface area contributed by atoms with E-state index >= 15 is 0 Å². The highest BCUT2D eigenvalue weighted by atomic mass is 16.3. The molecule has 0 atom stereocenters. The molecule has 5 aromatic heterocycles. The second-order valence-corrected chi connectivity index (χ2v) is 17.3. The van der Waals surface area contributed by atoms with Crippen LogP contribution in [0.2, 0.25) is 0 Å². The molecule has 0 amide bonds. The van der Waals surface area contributed by atoms with Gasteiger partial charge in [0.15, 0.2) is 5.58 Å². The Morgan fingerprint density at radius 3 is 1.02 bits per heavy atom. The van der Waals surface area contributed by atoms with Crippen LogP contribution in [0.25, 0.3) is 132 Å². The van der Waals surface area contributed by atoms with Crippen LogP contribution in [-0.2, 0) is 0 Å². The van der Waals surface area contributed by atoms with Crippen LogP contribution in [0, 0.1) is 0 Å². The molecule has 15 rings (SSSR count). The molecule has 0 aliphatic rings. The lowest BCUT2D eigenvalue weighted by molar-refractivity contribution is 0.666. The average molecular weight is 829 g/mol. The first-order chi connectivity index (χ1) is 32.3. The van der Waals surface area contributed by atoms with E-state index in [0.29, 0.717) is 0 Å². The summed E-state index contributed by atoms with van der Waals surface area (Å²) in [6.07, 6.45) is 0. The molecule has 0 spiro atoms. The lowest BCUT2D eigenvalue weighted by Gasteiger charge is -2.14. The summed E-state index contributed by atoms with van der Waals surface area (Å²) in [6.45, 7) is 0. The molecule has 5 heterocycles. The lowest BCUT2D eigenvalue weighted by Crippen LogP contribution is -1.99. The van der Waals surface area contributed by atoms with Crippen LogP contribution >= 0.6 is 0 Å². The van der Waals surface area contributed by atoms with Gasteiger partial charge < -0.3 is 22.7 Å². The van der Waals surface area contributed by atoms with Crippen molar-refractivity contribution < 1.29 is 4.42 Å². The summed E-state index contributed by atoms with van der Waals surface area (Å²) in [5.74, 6) is 0. The highest BCUT2D eigenvalue weighted by molar-refractivity contribution is 6.18. The highest BCUT2D eigenvalue weighted by Crippen LogP contribution is 2.45. The molecule has 0 N–H and O–H groups in total. The maximum atomic E-state index is 7.20. The number of furan rings is 1. The number of hydrogen-bond donors (Lipinski definition) is 0. The molecule has 0 saturated heterocycles. The van der Waals surface area contributed by atoms with Crippen molar-refractivity contribution >= 4 is 109 Å². The summed E-state index contributed by atoms with van der Waals surface area (Å²) >= 11 is 0. The van der Waals surface area contributed by atoms with Crippen molar-refractivity contribution in [2.24, 2.45) is 0 Å². The van der Waals surface area contributed by atoms with E-state index in [2.05, 4.69) is 237 Å². The Hall–Kier alpha value is -8.80. The van der Waals surface area contributed by atoms with Gasteiger partial charge in [-0.2, -0.15) is 0 Å². The third kappa shape index (κ3) is 4.65. The third-order valence-electron chi connectivity index (χ3n) is 14.0. The topological polar surface area (TPSA) is 32.9 Å². The Kier molecular flexibility index (Phi) is 6.89. The molecular weight excluding hydrogens is 793 g/mol. The second kappa shape index (κ2) is 12.9. The van der Waals surface area contributed by atoms with Crippen LogP contribution in [0.1, 0.15) is 0 Å². The van der Waals surface area contributed by atoms with Gasteiger partial charge in [-0.15, -0.1) is 0 Å². The molecule has 0 unspecified atom stereocenters. The van der Waals surface area contributed by atoms with Crippen LogP contribution < -0.4 is 0 Å². The summed E-state index contributed by atoms with van der Waals surface area (Å²) in [5, 5.41) is 11.9. The number of benzene rings is 10. The van der Waals surface area contributed by atoms with Gasteiger partial charge in [0.05, 0.1) is 60.9 Å².